The van der Waals surface area contributed by atoms with Gasteiger partial charge in [-0.1, -0.05) is 57.6 Å². The Balaban J connectivity index is 2.37. The molecule has 0 aliphatic carbocycles. The highest BCUT2D eigenvalue weighted by atomic mass is 35.5. The van der Waals surface area contributed by atoms with E-state index in [-0.39, 0.29) is 0 Å². The van der Waals surface area contributed by atoms with Gasteiger partial charge < -0.3 is 10.5 Å². The van der Waals surface area contributed by atoms with E-state index in [0.717, 1.165) is 29.5 Å². The van der Waals surface area contributed by atoms with Gasteiger partial charge in [-0.25, -0.2) is 4.79 Å². The second-order valence-corrected chi connectivity index (χ2v) is 7.56. The van der Waals surface area contributed by atoms with E-state index in [1.807, 2.05) is 17.5 Å². The van der Waals surface area contributed by atoms with Crippen molar-refractivity contribution in [2.75, 3.05) is 0 Å². The smallest absolute Gasteiger partial charge is 0.409 e. The SMILES string of the molecule is CCCCCC(CC)Cc1cc(Cl)cc(OC(N)=O)c1-c1ccsc1. The minimum atomic E-state index is -0.820. The van der Waals surface area contributed by atoms with Crippen LogP contribution in [0.1, 0.15) is 51.5 Å². The van der Waals surface area contributed by atoms with Crippen molar-refractivity contribution in [2.45, 2.75) is 52.4 Å². The Morgan fingerprint density at radius 2 is 2.12 bits per heavy atom. The molecule has 1 atom stereocenters. The Bertz CT molecular complexity index is 685. The highest BCUT2D eigenvalue weighted by Gasteiger charge is 2.18. The second-order valence-electron chi connectivity index (χ2n) is 6.35. The fourth-order valence-corrected chi connectivity index (χ4v) is 4.04. The molecule has 0 saturated carbocycles. The van der Waals surface area contributed by atoms with Crippen LogP contribution >= 0.6 is 22.9 Å². The largest absolute Gasteiger partial charge is 0.410 e. The Labute approximate surface area is 159 Å². The molecule has 1 aromatic heterocycles. The summed E-state index contributed by atoms with van der Waals surface area (Å²) in [6, 6.07) is 5.69. The number of rotatable bonds is 9. The lowest BCUT2D eigenvalue weighted by Crippen LogP contribution is -2.17. The average Bonchev–Trinajstić information content (AvgIpc) is 3.07. The Kier molecular flexibility index (Phi) is 7.79. The van der Waals surface area contributed by atoms with Crippen molar-refractivity contribution in [2.24, 2.45) is 11.7 Å². The van der Waals surface area contributed by atoms with Gasteiger partial charge in [0, 0.05) is 16.7 Å². The molecule has 0 aliphatic rings. The molecule has 0 bridgehead atoms. The molecular weight excluding hydrogens is 354 g/mol. The van der Waals surface area contributed by atoms with E-state index in [4.69, 9.17) is 22.1 Å². The zero-order valence-corrected chi connectivity index (χ0v) is 16.5. The number of halogens is 1. The van der Waals surface area contributed by atoms with E-state index in [1.165, 1.54) is 25.7 Å². The van der Waals surface area contributed by atoms with Crippen molar-refractivity contribution < 1.29 is 9.53 Å². The third kappa shape index (κ3) is 5.75. The summed E-state index contributed by atoms with van der Waals surface area (Å²) in [6.45, 7) is 4.45. The van der Waals surface area contributed by atoms with Crippen molar-refractivity contribution in [1.82, 2.24) is 0 Å². The van der Waals surface area contributed by atoms with Crippen molar-refractivity contribution in [3.8, 4) is 16.9 Å². The van der Waals surface area contributed by atoms with Crippen LogP contribution in [0.25, 0.3) is 11.1 Å². The van der Waals surface area contributed by atoms with Gasteiger partial charge in [-0.15, -0.1) is 0 Å². The van der Waals surface area contributed by atoms with Crippen LogP contribution in [-0.4, -0.2) is 6.09 Å². The van der Waals surface area contributed by atoms with E-state index in [0.29, 0.717) is 16.7 Å². The van der Waals surface area contributed by atoms with E-state index in [2.05, 4.69) is 19.2 Å². The standard InChI is InChI=1S/C20H26ClNO2S/c1-3-5-6-7-14(4-2)10-16-11-17(21)12-18(24-20(22)23)19(16)15-8-9-25-13-15/h8-9,11-14H,3-7,10H2,1-2H3,(H2,22,23). The summed E-state index contributed by atoms with van der Waals surface area (Å²) < 4.78 is 5.26. The van der Waals surface area contributed by atoms with Crippen LogP contribution in [0.3, 0.4) is 0 Å². The number of amides is 1. The number of nitrogens with two attached hydrogens (primary N) is 1. The quantitative estimate of drug-likeness (QED) is 0.494. The molecule has 0 spiro atoms. The number of unbranched alkanes of at least 4 members (excludes halogenated alkanes) is 2. The van der Waals surface area contributed by atoms with Crippen molar-refractivity contribution >= 4 is 29.0 Å². The van der Waals surface area contributed by atoms with E-state index in [9.17, 15) is 4.79 Å². The van der Waals surface area contributed by atoms with Gasteiger partial charge in [0.2, 0.25) is 0 Å². The molecule has 1 aromatic carbocycles. The van der Waals surface area contributed by atoms with Crippen molar-refractivity contribution in [1.29, 1.82) is 0 Å². The van der Waals surface area contributed by atoms with E-state index < -0.39 is 6.09 Å². The number of thiophene rings is 1. The molecule has 3 nitrogen and oxygen atoms in total. The lowest BCUT2D eigenvalue weighted by Gasteiger charge is -2.19. The summed E-state index contributed by atoms with van der Waals surface area (Å²) in [5, 5.41) is 4.63. The molecule has 1 unspecified atom stereocenters. The molecule has 0 aliphatic heterocycles. The second kappa shape index (κ2) is 9.83. The lowest BCUT2D eigenvalue weighted by atomic mass is 9.88. The molecule has 0 radical (unpaired) electrons. The minimum Gasteiger partial charge on any atom is -0.410 e. The first-order valence-corrected chi connectivity index (χ1v) is 10.2. The van der Waals surface area contributed by atoms with Crippen LogP contribution in [0.4, 0.5) is 4.79 Å². The molecule has 5 heteroatoms. The maximum atomic E-state index is 11.3. The van der Waals surface area contributed by atoms with Crippen LogP contribution in [-0.2, 0) is 6.42 Å². The van der Waals surface area contributed by atoms with Crippen LogP contribution in [0.15, 0.2) is 29.0 Å². The van der Waals surface area contributed by atoms with Crippen LogP contribution < -0.4 is 10.5 Å². The van der Waals surface area contributed by atoms with E-state index >= 15 is 0 Å². The number of benzene rings is 1. The first kappa shape index (κ1) is 19.8. The number of carbonyl (C=O) groups excluding carboxylic acids is 1. The molecule has 0 fully saturated rings. The Morgan fingerprint density at radius 1 is 1.32 bits per heavy atom. The van der Waals surface area contributed by atoms with Gasteiger partial charge in [0.1, 0.15) is 5.75 Å². The predicted octanol–water partition coefficient (Wildman–Crippen LogP) is 6.68. The van der Waals surface area contributed by atoms with Crippen LogP contribution in [0.5, 0.6) is 5.75 Å². The molecule has 2 rings (SSSR count). The monoisotopic (exact) mass is 379 g/mol. The molecule has 1 amide bonds. The number of primary amides is 1. The topological polar surface area (TPSA) is 52.3 Å². The Hall–Kier alpha value is -1.52. The molecule has 136 valence electrons. The maximum absolute atomic E-state index is 11.3. The van der Waals surface area contributed by atoms with Gasteiger partial charge in [0.25, 0.3) is 0 Å². The number of hydrogen-bond donors (Lipinski definition) is 1. The molecule has 25 heavy (non-hydrogen) atoms. The zero-order chi connectivity index (χ0) is 18.2. The third-order valence-corrected chi connectivity index (χ3v) is 5.37. The van der Waals surface area contributed by atoms with Gasteiger partial charge in [-0.3, -0.25) is 0 Å². The van der Waals surface area contributed by atoms with Gasteiger partial charge in [0.05, 0.1) is 0 Å². The van der Waals surface area contributed by atoms with Crippen LogP contribution in [0, 0.1) is 5.92 Å². The maximum Gasteiger partial charge on any atom is 0.409 e. The van der Waals surface area contributed by atoms with Crippen molar-refractivity contribution in [3.05, 3.63) is 39.5 Å². The third-order valence-electron chi connectivity index (χ3n) is 4.47. The normalized spacial score (nSPS) is 12.1. The lowest BCUT2D eigenvalue weighted by molar-refractivity contribution is 0.211. The fourth-order valence-electron chi connectivity index (χ4n) is 3.16. The summed E-state index contributed by atoms with van der Waals surface area (Å²) in [6.07, 6.45) is 6.15. The van der Waals surface area contributed by atoms with Gasteiger partial charge in [-0.05, 0) is 46.4 Å². The average molecular weight is 380 g/mol. The Morgan fingerprint density at radius 3 is 2.72 bits per heavy atom. The van der Waals surface area contributed by atoms with Gasteiger partial charge >= 0.3 is 6.09 Å². The summed E-state index contributed by atoms with van der Waals surface area (Å²) in [5.74, 6) is 1.03. The highest BCUT2D eigenvalue weighted by Crippen LogP contribution is 2.39. The predicted molar refractivity (Wildman–Crippen MR) is 107 cm³/mol. The minimum absolute atomic E-state index is 0.441. The van der Waals surface area contributed by atoms with E-state index in [1.54, 1.807) is 17.4 Å². The van der Waals surface area contributed by atoms with Gasteiger partial charge in [0.15, 0.2) is 0 Å². The molecule has 2 aromatic rings. The summed E-state index contributed by atoms with van der Waals surface area (Å²) in [5.41, 5.74) is 8.34. The number of carbonyl (C=O) groups is 1. The van der Waals surface area contributed by atoms with Crippen LogP contribution in [0.2, 0.25) is 5.02 Å². The molecule has 1 heterocycles. The summed E-state index contributed by atoms with van der Waals surface area (Å²) >= 11 is 7.90. The van der Waals surface area contributed by atoms with Gasteiger partial charge in [-0.2, -0.15) is 11.3 Å². The molecule has 0 saturated heterocycles. The first-order chi connectivity index (χ1) is 12.0. The number of ether oxygens (including phenoxy) is 1. The first-order valence-electron chi connectivity index (χ1n) is 8.87. The number of hydrogen-bond acceptors (Lipinski definition) is 3. The molecule has 2 N–H and O–H groups in total. The zero-order valence-electron chi connectivity index (χ0n) is 14.9. The van der Waals surface area contributed by atoms with Crippen molar-refractivity contribution in [3.63, 3.8) is 0 Å². The fraction of sp³-hybridized carbons (Fsp3) is 0.450. The highest BCUT2D eigenvalue weighted by molar-refractivity contribution is 7.08. The molecular formula is C20H26ClNO2S. The summed E-state index contributed by atoms with van der Waals surface area (Å²) in [7, 11) is 0. The summed E-state index contributed by atoms with van der Waals surface area (Å²) in [4.78, 5) is 11.3.